The number of piperidine rings is 1. The number of benzene rings is 1. The number of hydrogen-bond acceptors (Lipinski definition) is 2. The molecule has 0 radical (unpaired) electrons. The lowest BCUT2D eigenvalue weighted by molar-refractivity contribution is 0.222. The maximum atomic E-state index is 12.6. The molecule has 5 heteroatoms. The fourth-order valence-corrected chi connectivity index (χ4v) is 4.76. The molecule has 1 saturated heterocycles. The summed E-state index contributed by atoms with van der Waals surface area (Å²) in [5.74, 6) is 0.862. The van der Waals surface area contributed by atoms with E-state index in [0.29, 0.717) is 29.8 Å². The Bertz CT molecular complexity index is 517. The van der Waals surface area contributed by atoms with Crippen molar-refractivity contribution in [1.82, 2.24) is 4.31 Å². The van der Waals surface area contributed by atoms with E-state index in [2.05, 4.69) is 29.8 Å². The molecule has 0 N–H and O–H groups in total. The van der Waals surface area contributed by atoms with Gasteiger partial charge in [-0.2, -0.15) is 4.31 Å². The van der Waals surface area contributed by atoms with Crippen molar-refractivity contribution < 1.29 is 8.42 Å². The van der Waals surface area contributed by atoms with Crippen LogP contribution >= 0.6 is 15.9 Å². The summed E-state index contributed by atoms with van der Waals surface area (Å²) in [6.45, 7) is 5.50. The Balaban J connectivity index is 2.25. The topological polar surface area (TPSA) is 37.4 Å². The van der Waals surface area contributed by atoms with Gasteiger partial charge in [0.2, 0.25) is 10.0 Å². The van der Waals surface area contributed by atoms with Gasteiger partial charge < -0.3 is 0 Å². The predicted octanol–water partition coefficient (Wildman–Crippen LogP) is 3.25. The van der Waals surface area contributed by atoms with Crippen molar-refractivity contribution in [1.29, 1.82) is 0 Å². The van der Waals surface area contributed by atoms with Gasteiger partial charge in [0.25, 0.3) is 0 Å². The summed E-state index contributed by atoms with van der Waals surface area (Å²) >= 11 is 3.36. The highest BCUT2D eigenvalue weighted by Crippen LogP contribution is 2.26. The summed E-state index contributed by atoms with van der Waals surface area (Å²) < 4.78 is 26.8. The number of rotatable bonds is 3. The lowest BCUT2D eigenvalue weighted by atomic mass is 9.94. The zero-order valence-electron chi connectivity index (χ0n) is 11.3. The van der Waals surface area contributed by atoms with E-state index >= 15 is 0 Å². The van der Waals surface area contributed by atoms with E-state index < -0.39 is 10.0 Å². The second-order valence-corrected chi connectivity index (χ2v) is 8.04. The van der Waals surface area contributed by atoms with Crippen LogP contribution in [0.5, 0.6) is 0 Å². The van der Waals surface area contributed by atoms with Gasteiger partial charge >= 0.3 is 0 Å². The molecular weight excluding hydrogens is 326 g/mol. The summed E-state index contributed by atoms with van der Waals surface area (Å²) in [7, 11) is -3.33. The van der Waals surface area contributed by atoms with Gasteiger partial charge in [-0.1, -0.05) is 41.9 Å². The minimum absolute atomic E-state index is 0.401. The van der Waals surface area contributed by atoms with Gasteiger partial charge in [0.1, 0.15) is 0 Å². The second-order valence-electron chi connectivity index (χ2n) is 5.55. The monoisotopic (exact) mass is 345 g/mol. The van der Waals surface area contributed by atoms with Gasteiger partial charge in [0, 0.05) is 18.4 Å². The fourth-order valence-electron chi connectivity index (χ4n) is 2.70. The van der Waals surface area contributed by atoms with E-state index in [9.17, 15) is 8.42 Å². The third-order valence-corrected chi connectivity index (χ3v) is 6.04. The number of alkyl halides is 1. The van der Waals surface area contributed by atoms with Crippen LogP contribution in [0, 0.1) is 11.8 Å². The molecule has 1 aliphatic rings. The average Bonchev–Trinajstić information content (AvgIpc) is 2.37. The minimum Gasteiger partial charge on any atom is -0.207 e. The quantitative estimate of drug-likeness (QED) is 0.788. The molecule has 1 heterocycles. The Morgan fingerprint density at radius 2 is 1.68 bits per heavy atom. The van der Waals surface area contributed by atoms with Crippen molar-refractivity contribution in [2.45, 2.75) is 30.5 Å². The van der Waals surface area contributed by atoms with E-state index in [0.717, 1.165) is 17.3 Å². The van der Waals surface area contributed by atoms with Crippen LogP contribution in [-0.4, -0.2) is 25.8 Å². The van der Waals surface area contributed by atoms with E-state index in [1.54, 1.807) is 16.4 Å². The van der Waals surface area contributed by atoms with Crippen molar-refractivity contribution in [2.24, 2.45) is 11.8 Å². The molecule has 0 spiro atoms. The predicted molar refractivity (Wildman–Crippen MR) is 80.8 cm³/mol. The molecule has 106 valence electrons. The van der Waals surface area contributed by atoms with Gasteiger partial charge in [0.15, 0.2) is 0 Å². The Morgan fingerprint density at radius 3 is 2.16 bits per heavy atom. The first-order chi connectivity index (χ1) is 8.93. The Kier molecular flexibility index (Phi) is 4.69. The van der Waals surface area contributed by atoms with Crippen LogP contribution in [0.4, 0.5) is 0 Å². The van der Waals surface area contributed by atoms with Gasteiger partial charge in [-0.3, -0.25) is 0 Å². The normalized spacial score (nSPS) is 25.4. The molecule has 0 aliphatic carbocycles. The molecule has 1 aromatic rings. The molecule has 0 aromatic heterocycles. The number of halogens is 1. The Morgan fingerprint density at radius 1 is 1.16 bits per heavy atom. The van der Waals surface area contributed by atoms with Gasteiger partial charge in [-0.25, -0.2) is 8.42 Å². The molecule has 2 atom stereocenters. The van der Waals surface area contributed by atoms with Crippen molar-refractivity contribution in [2.75, 3.05) is 13.1 Å². The lowest BCUT2D eigenvalue weighted by Crippen LogP contribution is -2.42. The molecule has 19 heavy (non-hydrogen) atoms. The zero-order valence-corrected chi connectivity index (χ0v) is 13.7. The first-order valence-corrected chi connectivity index (χ1v) is 9.14. The molecule has 3 nitrogen and oxygen atoms in total. The SMILES string of the molecule is CC1CC(C)CN(S(=O)(=O)c2ccc(CBr)cc2)C1. The van der Waals surface area contributed by atoms with Crippen molar-refractivity contribution in [3.05, 3.63) is 29.8 Å². The first kappa shape index (κ1) is 15.0. The van der Waals surface area contributed by atoms with E-state index in [1.165, 1.54) is 0 Å². The largest absolute Gasteiger partial charge is 0.243 e. The summed E-state index contributed by atoms with van der Waals surface area (Å²) in [5, 5.41) is 0.741. The van der Waals surface area contributed by atoms with E-state index in [1.807, 2.05) is 12.1 Å². The number of sulfonamides is 1. The lowest BCUT2D eigenvalue weighted by Gasteiger charge is -2.34. The molecule has 2 unspecified atom stereocenters. The van der Waals surface area contributed by atoms with Crippen LogP contribution in [0.15, 0.2) is 29.2 Å². The average molecular weight is 346 g/mol. The van der Waals surface area contributed by atoms with Crippen LogP contribution < -0.4 is 0 Å². The van der Waals surface area contributed by atoms with Crippen LogP contribution in [0.25, 0.3) is 0 Å². The van der Waals surface area contributed by atoms with Gasteiger partial charge in [0.05, 0.1) is 4.90 Å². The fraction of sp³-hybridized carbons (Fsp3) is 0.571. The third kappa shape index (κ3) is 3.38. The smallest absolute Gasteiger partial charge is 0.207 e. The molecule has 0 saturated carbocycles. The first-order valence-electron chi connectivity index (χ1n) is 6.58. The Hall–Kier alpha value is -0.390. The molecule has 2 rings (SSSR count). The second kappa shape index (κ2) is 5.94. The van der Waals surface area contributed by atoms with Gasteiger partial charge in [-0.05, 0) is 36.0 Å². The van der Waals surface area contributed by atoms with Crippen LogP contribution in [-0.2, 0) is 15.4 Å². The van der Waals surface area contributed by atoms with E-state index in [4.69, 9.17) is 0 Å². The van der Waals surface area contributed by atoms with E-state index in [-0.39, 0.29) is 0 Å². The maximum Gasteiger partial charge on any atom is 0.243 e. The van der Waals surface area contributed by atoms with Crippen LogP contribution in [0.3, 0.4) is 0 Å². The summed E-state index contributed by atoms with van der Waals surface area (Å²) in [6.07, 6.45) is 1.11. The van der Waals surface area contributed by atoms with Crippen LogP contribution in [0.2, 0.25) is 0 Å². The summed E-state index contributed by atoms with van der Waals surface area (Å²) in [6, 6.07) is 7.13. The highest BCUT2D eigenvalue weighted by molar-refractivity contribution is 9.08. The standard InChI is InChI=1S/C14H20BrNO2S/c1-11-7-12(2)10-16(9-11)19(17,18)14-5-3-13(8-15)4-6-14/h3-6,11-12H,7-10H2,1-2H3. The minimum atomic E-state index is -3.33. The van der Waals surface area contributed by atoms with Crippen LogP contribution in [0.1, 0.15) is 25.8 Å². The Labute approximate surface area is 124 Å². The summed E-state index contributed by atoms with van der Waals surface area (Å²) in [4.78, 5) is 0.401. The molecule has 1 aliphatic heterocycles. The highest BCUT2D eigenvalue weighted by Gasteiger charge is 2.31. The summed E-state index contributed by atoms with van der Waals surface area (Å²) in [5.41, 5.74) is 1.08. The molecule has 0 bridgehead atoms. The van der Waals surface area contributed by atoms with Crippen molar-refractivity contribution in [3.63, 3.8) is 0 Å². The molecular formula is C14H20BrNO2S. The highest BCUT2D eigenvalue weighted by atomic mass is 79.9. The third-order valence-electron chi connectivity index (χ3n) is 3.55. The number of nitrogens with zero attached hydrogens (tertiary/aromatic N) is 1. The molecule has 1 aromatic carbocycles. The maximum absolute atomic E-state index is 12.6. The van der Waals surface area contributed by atoms with Crippen molar-refractivity contribution >= 4 is 26.0 Å². The van der Waals surface area contributed by atoms with Crippen molar-refractivity contribution in [3.8, 4) is 0 Å². The van der Waals surface area contributed by atoms with Gasteiger partial charge in [-0.15, -0.1) is 0 Å². The number of hydrogen-bond donors (Lipinski definition) is 0. The molecule has 0 amide bonds. The molecule has 1 fully saturated rings. The zero-order chi connectivity index (χ0) is 14.0.